The van der Waals surface area contributed by atoms with Crippen molar-refractivity contribution in [2.75, 3.05) is 0 Å². The number of hydrogen-bond acceptors (Lipinski definition) is 3. The van der Waals surface area contributed by atoms with Crippen LogP contribution in [-0.2, 0) is 4.79 Å². The van der Waals surface area contributed by atoms with E-state index in [9.17, 15) is 14.7 Å². The molecule has 4 heteroatoms. The topological polar surface area (TPSA) is 63.6 Å². The van der Waals surface area contributed by atoms with Gasteiger partial charge in [-0.1, -0.05) is 25.0 Å². The zero-order chi connectivity index (χ0) is 13.7. The number of aldehydes is 1. The highest BCUT2D eigenvalue weighted by molar-refractivity contribution is 5.78. The highest BCUT2D eigenvalue weighted by Gasteiger charge is 2.41. The molecule has 1 aliphatic rings. The number of rotatable bonds is 4. The van der Waals surface area contributed by atoms with E-state index in [2.05, 4.69) is 0 Å². The largest absolute Gasteiger partial charge is 0.478 e. The Kier molecular flexibility index (Phi) is 4.20. The highest BCUT2D eigenvalue weighted by Crippen LogP contribution is 2.32. The minimum absolute atomic E-state index is 0.453. The van der Waals surface area contributed by atoms with Crippen LogP contribution in [0.3, 0.4) is 0 Å². The van der Waals surface area contributed by atoms with Gasteiger partial charge in [0.1, 0.15) is 12.0 Å². The summed E-state index contributed by atoms with van der Waals surface area (Å²) in [7, 11) is 0. The molecule has 1 saturated carbocycles. The van der Waals surface area contributed by atoms with E-state index in [1.165, 1.54) is 0 Å². The van der Waals surface area contributed by atoms with Crippen molar-refractivity contribution in [2.45, 2.75) is 44.1 Å². The Morgan fingerprint density at radius 3 is 2.47 bits per heavy atom. The second kappa shape index (κ2) is 5.87. The first kappa shape index (κ1) is 13.6. The van der Waals surface area contributed by atoms with Crippen molar-refractivity contribution in [3.05, 3.63) is 29.8 Å². The molecule has 1 aromatic carbocycles. The molecule has 0 atom stereocenters. The van der Waals surface area contributed by atoms with Crippen LogP contribution in [0.25, 0.3) is 0 Å². The molecule has 0 saturated heterocycles. The minimum atomic E-state index is -1.14. The Labute approximate surface area is 112 Å². The van der Waals surface area contributed by atoms with Gasteiger partial charge in [-0.2, -0.15) is 0 Å². The lowest BCUT2D eigenvalue weighted by Gasteiger charge is -2.29. The number of carboxylic acids is 1. The van der Waals surface area contributed by atoms with Gasteiger partial charge in [0.25, 0.3) is 0 Å². The smallest absolute Gasteiger partial charge is 0.348 e. The van der Waals surface area contributed by atoms with Crippen LogP contribution in [0, 0.1) is 0 Å². The van der Waals surface area contributed by atoms with Gasteiger partial charge in [-0.3, -0.25) is 4.79 Å². The number of carbonyl (C=O) groups excluding carboxylic acids is 1. The molecule has 0 unspecified atom stereocenters. The van der Waals surface area contributed by atoms with Gasteiger partial charge in [0.15, 0.2) is 0 Å². The molecule has 0 heterocycles. The summed E-state index contributed by atoms with van der Waals surface area (Å²) in [6, 6.07) is 6.65. The molecule has 4 nitrogen and oxygen atoms in total. The van der Waals surface area contributed by atoms with Crippen LogP contribution >= 0.6 is 0 Å². The Bertz CT molecular complexity index is 459. The summed E-state index contributed by atoms with van der Waals surface area (Å²) in [5.74, 6) is -0.459. The second-order valence-corrected chi connectivity index (χ2v) is 5.01. The molecule has 0 spiro atoms. The molecule has 102 valence electrons. The molecule has 1 aliphatic carbocycles. The van der Waals surface area contributed by atoms with Gasteiger partial charge in [0, 0.05) is 5.56 Å². The fraction of sp³-hybridized carbons (Fsp3) is 0.467. The van der Waals surface area contributed by atoms with Crippen LogP contribution in [-0.4, -0.2) is 23.0 Å². The maximum atomic E-state index is 11.6. The Hall–Kier alpha value is -1.84. The number of hydrogen-bond donors (Lipinski definition) is 1. The highest BCUT2D eigenvalue weighted by atomic mass is 16.5. The summed E-state index contributed by atoms with van der Waals surface area (Å²) in [5.41, 5.74) is -0.649. The Balaban J connectivity index is 2.24. The van der Waals surface area contributed by atoms with Crippen LogP contribution in [0.2, 0.25) is 0 Å². The SMILES string of the molecule is O=Cc1cccc(OC2(C(=O)O)CCCCCC2)c1. The first-order valence-electron chi connectivity index (χ1n) is 6.64. The lowest BCUT2D eigenvalue weighted by Crippen LogP contribution is -2.44. The van der Waals surface area contributed by atoms with Crippen LogP contribution in [0.4, 0.5) is 0 Å². The monoisotopic (exact) mass is 262 g/mol. The minimum Gasteiger partial charge on any atom is -0.478 e. The average Bonchev–Trinajstić information content (AvgIpc) is 2.65. The van der Waals surface area contributed by atoms with Gasteiger partial charge in [-0.25, -0.2) is 4.79 Å². The Morgan fingerprint density at radius 2 is 1.89 bits per heavy atom. The first-order valence-corrected chi connectivity index (χ1v) is 6.64. The number of carbonyl (C=O) groups is 2. The van der Waals surface area contributed by atoms with Crippen molar-refractivity contribution < 1.29 is 19.4 Å². The summed E-state index contributed by atoms with van der Waals surface area (Å²) in [6.45, 7) is 0. The normalized spacial score (nSPS) is 18.3. The summed E-state index contributed by atoms with van der Waals surface area (Å²) >= 11 is 0. The molecule has 1 aromatic rings. The van der Waals surface area contributed by atoms with E-state index in [4.69, 9.17) is 4.74 Å². The van der Waals surface area contributed by atoms with E-state index >= 15 is 0 Å². The van der Waals surface area contributed by atoms with Gasteiger partial charge in [0.05, 0.1) is 0 Å². The summed E-state index contributed by atoms with van der Waals surface area (Å²) < 4.78 is 5.77. The third kappa shape index (κ3) is 3.13. The fourth-order valence-electron chi connectivity index (χ4n) is 2.54. The van der Waals surface area contributed by atoms with Crippen molar-refractivity contribution in [1.82, 2.24) is 0 Å². The predicted octanol–water partition coefficient (Wildman–Crippen LogP) is 3.06. The van der Waals surface area contributed by atoms with Gasteiger partial charge in [0.2, 0.25) is 5.60 Å². The molecule has 1 N–H and O–H groups in total. The molecule has 0 radical (unpaired) electrons. The fourth-order valence-corrected chi connectivity index (χ4v) is 2.54. The zero-order valence-corrected chi connectivity index (χ0v) is 10.8. The predicted molar refractivity (Wildman–Crippen MR) is 70.5 cm³/mol. The van der Waals surface area contributed by atoms with E-state index in [0.717, 1.165) is 32.0 Å². The standard InChI is InChI=1S/C15H18O4/c16-11-12-6-5-7-13(10-12)19-15(14(17)18)8-3-1-2-4-9-15/h5-7,10-11H,1-4,8-9H2,(H,17,18). The van der Waals surface area contributed by atoms with E-state index in [1.54, 1.807) is 24.3 Å². The first-order chi connectivity index (χ1) is 9.16. The number of benzene rings is 1. The maximum absolute atomic E-state index is 11.6. The number of aliphatic carboxylic acids is 1. The molecular weight excluding hydrogens is 244 g/mol. The van der Waals surface area contributed by atoms with Gasteiger partial charge < -0.3 is 9.84 Å². The maximum Gasteiger partial charge on any atom is 0.348 e. The van der Waals surface area contributed by atoms with E-state index in [-0.39, 0.29) is 0 Å². The van der Waals surface area contributed by atoms with Gasteiger partial charge in [-0.05, 0) is 37.8 Å². The van der Waals surface area contributed by atoms with Gasteiger partial charge in [-0.15, -0.1) is 0 Å². The van der Waals surface area contributed by atoms with Crippen molar-refractivity contribution in [3.63, 3.8) is 0 Å². The van der Waals surface area contributed by atoms with Gasteiger partial charge >= 0.3 is 5.97 Å². The molecule has 19 heavy (non-hydrogen) atoms. The number of carboxylic acid groups (broad SMARTS) is 1. The summed E-state index contributed by atoms with van der Waals surface area (Å²) in [6.07, 6.45) is 5.59. The average molecular weight is 262 g/mol. The quantitative estimate of drug-likeness (QED) is 0.669. The Morgan fingerprint density at radius 1 is 1.21 bits per heavy atom. The zero-order valence-electron chi connectivity index (χ0n) is 10.8. The van der Waals surface area contributed by atoms with Crippen LogP contribution in [0.5, 0.6) is 5.75 Å². The summed E-state index contributed by atoms with van der Waals surface area (Å²) in [5, 5.41) is 9.51. The van der Waals surface area contributed by atoms with Crippen molar-refractivity contribution in [3.8, 4) is 5.75 Å². The molecule has 0 aromatic heterocycles. The third-order valence-corrected chi connectivity index (χ3v) is 3.61. The van der Waals surface area contributed by atoms with Crippen LogP contribution < -0.4 is 4.74 Å². The van der Waals surface area contributed by atoms with E-state index < -0.39 is 11.6 Å². The van der Waals surface area contributed by atoms with Crippen LogP contribution in [0.1, 0.15) is 48.9 Å². The van der Waals surface area contributed by atoms with E-state index in [1.807, 2.05) is 0 Å². The second-order valence-electron chi connectivity index (χ2n) is 5.01. The summed E-state index contributed by atoms with van der Waals surface area (Å²) in [4.78, 5) is 22.3. The molecule has 0 amide bonds. The molecular formula is C15H18O4. The van der Waals surface area contributed by atoms with Crippen LogP contribution in [0.15, 0.2) is 24.3 Å². The van der Waals surface area contributed by atoms with Crippen molar-refractivity contribution >= 4 is 12.3 Å². The molecule has 2 rings (SSSR count). The molecule has 1 fully saturated rings. The van der Waals surface area contributed by atoms with Crippen molar-refractivity contribution in [1.29, 1.82) is 0 Å². The number of ether oxygens (including phenoxy) is 1. The lowest BCUT2D eigenvalue weighted by molar-refractivity contribution is -0.156. The van der Waals surface area contributed by atoms with Crippen molar-refractivity contribution in [2.24, 2.45) is 0 Å². The van der Waals surface area contributed by atoms with E-state index in [0.29, 0.717) is 24.2 Å². The third-order valence-electron chi connectivity index (χ3n) is 3.61. The molecule has 0 aliphatic heterocycles. The molecule has 0 bridgehead atoms. The lowest BCUT2D eigenvalue weighted by atomic mass is 9.94.